The van der Waals surface area contributed by atoms with Crippen LogP contribution in [0.4, 0.5) is 9.59 Å². The predicted molar refractivity (Wildman–Crippen MR) is 153 cm³/mol. The van der Waals surface area contributed by atoms with Crippen molar-refractivity contribution in [1.82, 2.24) is 14.7 Å². The van der Waals surface area contributed by atoms with Crippen LogP contribution in [0, 0.1) is 5.92 Å². The number of carbonyl (C=O) groups is 3. The molecule has 2 aliphatic rings. The van der Waals surface area contributed by atoms with Crippen molar-refractivity contribution >= 4 is 18.0 Å². The number of urea groups is 1. The van der Waals surface area contributed by atoms with E-state index in [1.54, 1.807) is 16.8 Å². The van der Waals surface area contributed by atoms with E-state index in [1.165, 1.54) is 4.90 Å². The molecule has 0 bridgehead atoms. The standard InChI is InChI=1S/C33H37N3O4/c1-24-31(28-16-10-5-11-17-28)36(32(38)34(24)2)30(37)22-29(26-14-8-4-9-15-26)27-18-20-35(21-19-27)33(39)40-23-25-12-6-3-7-13-25/h3-17,24,27,29,31H,18-23H2,1-2H3/t24-,29-,31-/m0/s1. The smallest absolute Gasteiger partial charge is 0.410 e. The fourth-order valence-corrected chi connectivity index (χ4v) is 6.07. The van der Waals surface area contributed by atoms with Crippen LogP contribution in [0.5, 0.6) is 0 Å². The minimum absolute atomic E-state index is 0.0541. The van der Waals surface area contributed by atoms with Crippen molar-refractivity contribution in [2.75, 3.05) is 20.1 Å². The molecule has 0 aliphatic carbocycles. The Kier molecular flexibility index (Phi) is 8.48. The molecule has 3 aromatic carbocycles. The summed E-state index contributed by atoms with van der Waals surface area (Å²) in [6.45, 7) is 3.39. The predicted octanol–water partition coefficient (Wildman–Crippen LogP) is 6.23. The zero-order valence-corrected chi connectivity index (χ0v) is 23.2. The average molecular weight is 540 g/mol. The maximum absolute atomic E-state index is 13.9. The molecule has 7 nitrogen and oxygen atoms in total. The second-order valence-corrected chi connectivity index (χ2v) is 10.8. The summed E-state index contributed by atoms with van der Waals surface area (Å²) in [5, 5.41) is 0. The van der Waals surface area contributed by atoms with Crippen molar-refractivity contribution in [3.8, 4) is 0 Å². The van der Waals surface area contributed by atoms with Gasteiger partial charge in [0, 0.05) is 26.6 Å². The van der Waals surface area contributed by atoms with Gasteiger partial charge in [-0.25, -0.2) is 9.59 Å². The summed E-state index contributed by atoms with van der Waals surface area (Å²) in [7, 11) is 1.76. The lowest BCUT2D eigenvalue weighted by Crippen LogP contribution is -2.41. The molecule has 7 heteroatoms. The van der Waals surface area contributed by atoms with Crippen LogP contribution in [0.15, 0.2) is 91.0 Å². The van der Waals surface area contributed by atoms with E-state index < -0.39 is 0 Å². The van der Waals surface area contributed by atoms with E-state index in [2.05, 4.69) is 12.1 Å². The minimum Gasteiger partial charge on any atom is -0.445 e. The van der Waals surface area contributed by atoms with Gasteiger partial charge in [0.2, 0.25) is 5.91 Å². The zero-order chi connectivity index (χ0) is 28.1. The number of ether oxygens (including phenoxy) is 1. The van der Waals surface area contributed by atoms with Crippen molar-refractivity contribution in [1.29, 1.82) is 0 Å². The topological polar surface area (TPSA) is 70.2 Å². The summed E-state index contributed by atoms with van der Waals surface area (Å²) in [4.78, 5) is 44.9. The SMILES string of the molecule is C[C@H]1[C@@H](c2ccccc2)N(C(=O)C[C@@H](c2ccccc2)C2CCN(C(=O)OCc3ccccc3)CC2)C(=O)N1C. The molecule has 2 saturated heterocycles. The molecule has 2 aliphatic heterocycles. The van der Waals surface area contributed by atoms with Crippen LogP contribution in [-0.2, 0) is 16.1 Å². The highest BCUT2D eigenvalue weighted by Gasteiger charge is 2.46. The first-order chi connectivity index (χ1) is 19.4. The summed E-state index contributed by atoms with van der Waals surface area (Å²) < 4.78 is 5.55. The first-order valence-corrected chi connectivity index (χ1v) is 14.1. The number of rotatable bonds is 7. The third kappa shape index (κ3) is 5.88. The van der Waals surface area contributed by atoms with Crippen LogP contribution in [-0.4, -0.2) is 58.9 Å². The average Bonchev–Trinajstić information content (AvgIpc) is 3.24. The third-order valence-electron chi connectivity index (χ3n) is 8.46. The van der Waals surface area contributed by atoms with Crippen LogP contribution in [0.25, 0.3) is 0 Å². The lowest BCUT2D eigenvalue weighted by atomic mass is 9.78. The fraction of sp³-hybridized carbons (Fsp3) is 0.364. The molecule has 0 unspecified atom stereocenters. The quantitative estimate of drug-likeness (QED) is 0.357. The normalized spacial score (nSPS) is 20.4. The molecule has 2 heterocycles. The lowest BCUT2D eigenvalue weighted by Gasteiger charge is -2.36. The van der Waals surface area contributed by atoms with Crippen LogP contribution in [0.2, 0.25) is 0 Å². The molecule has 3 aromatic rings. The van der Waals surface area contributed by atoms with Gasteiger partial charge in [-0.3, -0.25) is 9.69 Å². The summed E-state index contributed by atoms with van der Waals surface area (Å²) in [5.74, 6) is -0.0113. The minimum atomic E-state index is -0.330. The summed E-state index contributed by atoms with van der Waals surface area (Å²) in [6.07, 6.45) is 1.46. The van der Waals surface area contributed by atoms with Crippen LogP contribution in [0.1, 0.15) is 54.8 Å². The van der Waals surface area contributed by atoms with Gasteiger partial charge < -0.3 is 14.5 Å². The van der Waals surface area contributed by atoms with Gasteiger partial charge in [0.15, 0.2) is 0 Å². The molecular weight excluding hydrogens is 502 g/mol. The van der Waals surface area contributed by atoms with Crippen molar-refractivity contribution in [3.05, 3.63) is 108 Å². The number of piperidine rings is 1. The lowest BCUT2D eigenvalue weighted by molar-refractivity contribution is -0.130. The Hall–Kier alpha value is -4.13. The monoisotopic (exact) mass is 539 g/mol. The molecule has 0 N–H and O–H groups in total. The highest BCUT2D eigenvalue weighted by Crippen LogP contribution is 2.39. The number of benzene rings is 3. The molecule has 0 aromatic heterocycles. The summed E-state index contributed by atoms with van der Waals surface area (Å²) in [6, 6.07) is 28.8. The van der Waals surface area contributed by atoms with Gasteiger partial charge in [-0.15, -0.1) is 0 Å². The number of nitrogens with zero attached hydrogens (tertiary/aromatic N) is 3. The Labute approximate surface area is 236 Å². The zero-order valence-electron chi connectivity index (χ0n) is 23.2. The van der Waals surface area contributed by atoms with Crippen molar-refractivity contribution in [2.24, 2.45) is 5.92 Å². The molecule has 208 valence electrons. The van der Waals surface area contributed by atoms with E-state index in [9.17, 15) is 14.4 Å². The van der Waals surface area contributed by atoms with Gasteiger partial charge in [0.25, 0.3) is 0 Å². The first-order valence-electron chi connectivity index (χ1n) is 14.1. The number of amides is 4. The van der Waals surface area contributed by atoms with E-state index in [4.69, 9.17) is 4.74 Å². The van der Waals surface area contributed by atoms with Gasteiger partial charge in [-0.1, -0.05) is 91.0 Å². The number of hydrogen-bond acceptors (Lipinski definition) is 4. The maximum atomic E-state index is 13.9. The molecule has 0 saturated carbocycles. The number of hydrogen-bond donors (Lipinski definition) is 0. The first kappa shape index (κ1) is 27.4. The Balaban J connectivity index is 1.29. The van der Waals surface area contributed by atoms with E-state index >= 15 is 0 Å². The molecule has 40 heavy (non-hydrogen) atoms. The Morgan fingerprint density at radius 3 is 2.08 bits per heavy atom. The molecule has 0 spiro atoms. The van der Waals surface area contributed by atoms with Gasteiger partial charge in [-0.2, -0.15) is 0 Å². The highest BCUT2D eigenvalue weighted by molar-refractivity contribution is 5.97. The second-order valence-electron chi connectivity index (χ2n) is 10.8. The molecule has 5 rings (SSSR count). The van der Waals surface area contributed by atoms with Gasteiger partial charge in [-0.05, 0) is 48.3 Å². The summed E-state index contributed by atoms with van der Waals surface area (Å²) >= 11 is 0. The molecule has 4 amide bonds. The summed E-state index contributed by atoms with van der Waals surface area (Å²) in [5.41, 5.74) is 3.00. The van der Waals surface area contributed by atoms with Crippen LogP contribution in [0.3, 0.4) is 0 Å². The van der Waals surface area contributed by atoms with Crippen molar-refractivity contribution in [2.45, 2.75) is 50.8 Å². The highest BCUT2D eigenvalue weighted by atomic mass is 16.6. The maximum Gasteiger partial charge on any atom is 0.410 e. The molecular formula is C33H37N3O4. The third-order valence-corrected chi connectivity index (χ3v) is 8.46. The second kappa shape index (κ2) is 12.4. The molecule has 0 radical (unpaired) electrons. The van der Waals surface area contributed by atoms with E-state index in [-0.39, 0.29) is 55.0 Å². The van der Waals surface area contributed by atoms with E-state index in [1.807, 2.05) is 85.8 Å². The Bertz CT molecular complexity index is 1290. The Morgan fingerprint density at radius 2 is 1.45 bits per heavy atom. The molecule has 2 fully saturated rings. The van der Waals surface area contributed by atoms with Gasteiger partial charge in [0.1, 0.15) is 6.61 Å². The van der Waals surface area contributed by atoms with E-state index in [0.29, 0.717) is 13.1 Å². The largest absolute Gasteiger partial charge is 0.445 e. The molecule has 3 atom stereocenters. The van der Waals surface area contributed by atoms with Crippen LogP contribution < -0.4 is 0 Å². The van der Waals surface area contributed by atoms with E-state index in [0.717, 1.165) is 29.5 Å². The van der Waals surface area contributed by atoms with Crippen LogP contribution >= 0.6 is 0 Å². The van der Waals surface area contributed by atoms with Crippen molar-refractivity contribution in [3.63, 3.8) is 0 Å². The number of carbonyl (C=O) groups excluding carboxylic acids is 3. The fourth-order valence-electron chi connectivity index (χ4n) is 6.07. The number of imide groups is 1. The number of likely N-dealkylation sites (N-methyl/N-ethyl adjacent to an activating group) is 1. The Morgan fingerprint density at radius 1 is 0.875 bits per heavy atom. The van der Waals surface area contributed by atoms with Crippen molar-refractivity contribution < 1.29 is 19.1 Å². The number of likely N-dealkylation sites (tertiary alicyclic amines) is 1. The van der Waals surface area contributed by atoms with Gasteiger partial charge in [0.05, 0.1) is 12.1 Å². The van der Waals surface area contributed by atoms with Gasteiger partial charge >= 0.3 is 12.1 Å².